The van der Waals surface area contributed by atoms with Crippen molar-refractivity contribution in [1.82, 2.24) is 9.55 Å². The van der Waals surface area contributed by atoms with Crippen LogP contribution < -0.4 is 5.32 Å². The first-order chi connectivity index (χ1) is 11.8. The number of amides is 1. The number of nitrogens with one attached hydrogen (secondary N) is 1. The lowest BCUT2D eigenvalue weighted by Crippen LogP contribution is -2.23. The molecule has 0 radical (unpaired) electrons. The molecule has 2 rings (SSSR count). The highest BCUT2D eigenvalue weighted by atomic mass is 32.2. The van der Waals surface area contributed by atoms with E-state index in [1.54, 1.807) is 26.2 Å². The average molecular weight is 365 g/mol. The van der Waals surface area contributed by atoms with E-state index in [0.29, 0.717) is 24.4 Å². The molecule has 0 spiro atoms. The Morgan fingerprint density at radius 1 is 1.40 bits per heavy atom. The summed E-state index contributed by atoms with van der Waals surface area (Å²) in [7, 11) is 1.66. The third-order valence-electron chi connectivity index (χ3n) is 4.03. The zero-order valence-electron chi connectivity index (χ0n) is 15.2. The largest absolute Gasteiger partial charge is 0.383 e. The van der Waals surface area contributed by atoms with Crippen molar-refractivity contribution >= 4 is 23.4 Å². The normalized spacial score (nSPS) is 12.2. The molecule has 1 unspecified atom stereocenters. The van der Waals surface area contributed by atoms with E-state index in [4.69, 9.17) is 4.74 Å². The molecule has 0 bridgehead atoms. The number of methoxy groups -OCH3 is 1. The van der Waals surface area contributed by atoms with Crippen LogP contribution in [0.4, 0.5) is 10.1 Å². The van der Waals surface area contributed by atoms with E-state index in [1.807, 2.05) is 20.8 Å². The Morgan fingerprint density at radius 3 is 2.76 bits per heavy atom. The van der Waals surface area contributed by atoms with Gasteiger partial charge in [-0.1, -0.05) is 17.8 Å². The van der Waals surface area contributed by atoms with Crippen molar-refractivity contribution in [1.29, 1.82) is 0 Å². The number of hydrogen-bond donors (Lipinski definition) is 1. The van der Waals surface area contributed by atoms with Gasteiger partial charge in [0.1, 0.15) is 5.82 Å². The predicted molar refractivity (Wildman–Crippen MR) is 98.7 cm³/mol. The number of ether oxygens (including phenoxy) is 1. The Morgan fingerprint density at radius 2 is 2.12 bits per heavy atom. The van der Waals surface area contributed by atoms with E-state index >= 15 is 0 Å². The first kappa shape index (κ1) is 19.5. The zero-order valence-corrected chi connectivity index (χ0v) is 16.0. The molecule has 1 aromatic carbocycles. The zero-order chi connectivity index (χ0) is 18.6. The number of halogens is 1. The van der Waals surface area contributed by atoms with Crippen LogP contribution in [-0.4, -0.2) is 34.4 Å². The second kappa shape index (κ2) is 8.49. The van der Waals surface area contributed by atoms with Crippen LogP contribution in [0.5, 0.6) is 0 Å². The summed E-state index contributed by atoms with van der Waals surface area (Å²) in [6.45, 7) is 8.70. The van der Waals surface area contributed by atoms with Gasteiger partial charge in [0.2, 0.25) is 5.91 Å². The van der Waals surface area contributed by atoms with Gasteiger partial charge in [0.15, 0.2) is 5.16 Å². The lowest BCUT2D eigenvalue weighted by atomic mass is 10.2. The van der Waals surface area contributed by atoms with Gasteiger partial charge < -0.3 is 14.6 Å². The van der Waals surface area contributed by atoms with Crippen LogP contribution in [0.2, 0.25) is 0 Å². The van der Waals surface area contributed by atoms with Gasteiger partial charge in [0.25, 0.3) is 0 Å². The van der Waals surface area contributed by atoms with E-state index in [1.165, 1.54) is 17.8 Å². The number of imidazole rings is 1. The summed E-state index contributed by atoms with van der Waals surface area (Å²) in [5.74, 6) is -0.524. The summed E-state index contributed by atoms with van der Waals surface area (Å²) in [6.07, 6.45) is 0. The first-order valence-electron chi connectivity index (χ1n) is 8.09. The highest BCUT2D eigenvalue weighted by Gasteiger charge is 2.20. The molecule has 5 nitrogen and oxygen atoms in total. The van der Waals surface area contributed by atoms with E-state index < -0.39 is 0 Å². The average Bonchev–Trinajstić information content (AvgIpc) is 2.83. The van der Waals surface area contributed by atoms with Gasteiger partial charge in [0, 0.05) is 25.0 Å². The standard InChI is InChI=1S/C18H24FN3O2S/c1-11-6-7-15(10-16(11)19)21-17(23)14(4)25-18-20-12(2)13(3)22(18)8-9-24-5/h6-7,10,14H,8-9H2,1-5H3,(H,21,23). The Bertz CT molecular complexity index is 761. The molecule has 0 aliphatic carbocycles. The van der Waals surface area contributed by atoms with Crippen LogP contribution in [-0.2, 0) is 16.1 Å². The van der Waals surface area contributed by atoms with E-state index in [0.717, 1.165) is 16.5 Å². The lowest BCUT2D eigenvalue weighted by molar-refractivity contribution is -0.115. The fraction of sp³-hybridized carbons (Fsp3) is 0.444. The quantitative estimate of drug-likeness (QED) is 0.760. The number of rotatable bonds is 7. The highest BCUT2D eigenvalue weighted by Crippen LogP contribution is 2.26. The van der Waals surface area contributed by atoms with Gasteiger partial charge >= 0.3 is 0 Å². The fourth-order valence-corrected chi connectivity index (χ4v) is 3.31. The van der Waals surface area contributed by atoms with Crippen LogP contribution in [0.25, 0.3) is 0 Å². The summed E-state index contributed by atoms with van der Waals surface area (Å²) in [5, 5.41) is 3.17. The van der Waals surface area contributed by atoms with Crippen LogP contribution in [0.1, 0.15) is 23.9 Å². The molecular weight excluding hydrogens is 341 g/mol. The third kappa shape index (κ3) is 4.83. The summed E-state index contributed by atoms with van der Waals surface area (Å²) >= 11 is 1.38. The Labute approximate surface area is 152 Å². The first-order valence-corrected chi connectivity index (χ1v) is 8.97. The maximum atomic E-state index is 13.6. The number of carbonyl (C=O) groups excluding carboxylic acids is 1. The van der Waals surface area contributed by atoms with Gasteiger partial charge in [-0.05, 0) is 45.4 Å². The fourth-order valence-electron chi connectivity index (χ4n) is 2.29. The minimum Gasteiger partial charge on any atom is -0.383 e. The number of aromatic nitrogens is 2. The SMILES string of the molecule is COCCn1c(SC(C)C(=O)Nc2ccc(C)c(F)c2)nc(C)c1C. The number of anilines is 1. The molecule has 7 heteroatoms. The van der Waals surface area contributed by atoms with Gasteiger partial charge in [-0.25, -0.2) is 9.37 Å². The molecular formula is C18H24FN3O2S. The van der Waals surface area contributed by atoms with E-state index in [9.17, 15) is 9.18 Å². The van der Waals surface area contributed by atoms with Gasteiger partial charge in [-0.3, -0.25) is 4.79 Å². The van der Waals surface area contributed by atoms with Crippen molar-refractivity contribution in [2.24, 2.45) is 0 Å². The van der Waals surface area contributed by atoms with Crippen LogP contribution >= 0.6 is 11.8 Å². The van der Waals surface area contributed by atoms with Crippen molar-refractivity contribution in [3.8, 4) is 0 Å². The Hall–Kier alpha value is -1.86. The van der Waals surface area contributed by atoms with Crippen molar-refractivity contribution in [2.45, 2.75) is 44.6 Å². The molecule has 1 heterocycles. The van der Waals surface area contributed by atoms with Crippen molar-refractivity contribution < 1.29 is 13.9 Å². The van der Waals surface area contributed by atoms with Crippen molar-refractivity contribution in [2.75, 3.05) is 19.0 Å². The number of carbonyl (C=O) groups is 1. The molecule has 25 heavy (non-hydrogen) atoms. The summed E-state index contributed by atoms with van der Waals surface area (Å²) in [4.78, 5) is 17.0. The molecule has 0 saturated heterocycles. The molecule has 0 saturated carbocycles. The number of aryl methyl sites for hydroxylation is 2. The maximum Gasteiger partial charge on any atom is 0.237 e. The van der Waals surface area contributed by atoms with Gasteiger partial charge in [-0.15, -0.1) is 0 Å². The number of nitrogens with zero attached hydrogens (tertiary/aromatic N) is 2. The molecule has 1 N–H and O–H groups in total. The molecule has 0 fully saturated rings. The molecule has 0 aliphatic rings. The lowest BCUT2D eigenvalue weighted by Gasteiger charge is -2.14. The minimum atomic E-state index is -0.369. The Balaban J connectivity index is 2.08. The van der Waals surface area contributed by atoms with Crippen LogP contribution in [0.3, 0.4) is 0 Å². The molecule has 1 aromatic heterocycles. The molecule has 1 amide bonds. The molecule has 2 aromatic rings. The number of benzene rings is 1. The third-order valence-corrected chi connectivity index (χ3v) is 5.12. The van der Waals surface area contributed by atoms with E-state index in [-0.39, 0.29) is 17.0 Å². The molecule has 136 valence electrons. The second-order valence-electron chi connectivity index (χ2n) is 5.92. The highest BCUT2D eigenvalue weighted by molar-refractivity contribution is 8.00. The number of thioether (sulfide) groups is 1. The summed E-state index contributed by atoms with van der Waals surface area (Å²) in [6, 6.07) is 4.67. The smallest absolute Gasteiger partial charge is 0.237 e. The van der Waals surface area contributed by atoms with E-state index in [2.05, 4.69) is 14.9 Å². The van der Waals surface area contributed by atoms with Gasteiger partial charge in [-0.2, -0.15) is 0 Å². The van der Waals surface area contributed by atoms with Crippen molar-refractivity contribution in [3.63, 3.8) is 0 Å². The molecule has 1 atom stereocenters. The minimum absolute atomic E-state index is 0.190. The Kier molecular flexibility index (Phi) is 6.61. The topological polar surface area (TPSA) is 56.1 Å². The number of hydrogen-bond acceptors (Lipinski definition) is 4. The summed E-state index contributed by atoms with van der Waals surface area (Å²) in [5.41, 5.74) is 3.00. The van der Waals surface area contributed by atoms with Crippen molar-refractivity contribution in [3.05, 3.63) is 41.0 Å². The predicted octanol–water partition coefficient (Wildman–Crippen LogP) is 3.71. The van der Waals surface area contributed by atoms with Gasteiger partial charge in [0.05, 0.1) is 17.6 Å². The monoisotopic (exact) mass is 365 g/mol. The molecule has 0 aliphatic heterocycles. The summed E-state index contributed by atoms with van der Waals surface area (Å²) < 4.78 is 20.8. The maximum absolute atomic E-state index is 13.6. The van der Waals surface area contributed by atoms with Crippen LogP contribution in [0, 0.1) is 26.6 Å². The van der Waals surface area contributed by atoms with Crippen LogP contribution in [0.15, 0.2) is 23.4 Å². The second-order valence-corrected chi connectivity index (χ2v) is 7.23.